The molecule has 0 aliphatic heterocycles. The maximum absolute atomic E-state index is 11.5. The molecular weight excluding hydrogens is 297 g/mol. The minimum Gasteiger partial charge on any atom is -0.379 e. The molecule has 1 aromatic rings. The van der Waals surface area contributed by atoms with Gasteiger partial charge in [0.25, 0.3) is 5.91 Å². The zero-order chi connectivity index (χ0) is 15.3. The van der Waals surface area contributed by atoms with E-state index in [0.717, 1.165) is 6.42 Å². The number of hydrogen-bond acceptors (Lipinski definition) is 2. The number of terminal acetylenes is 1. The summed E-state index contributed by atoms with van der Waals surface area (Å²) in [5.41, 5.74) is 2.33. The molecule has 5 heteroatoms. The number of amides is 1. The Kier molecular flexibility index (Phi) is 5.74. The summed E-state index contributed by atoms with van der Waals surface area (Å²) in [7, 11) is 0. The normalized spacial score (nSPS) is 10.8. The summed E-state index contributed by atoms with van der Waals surface area (Å²) in [4.78, 5) is 16.8. The second-order valence-corrected chi connectivity index (χ2v) is 5.75. The average molecular weight is 314 g/mol. The van der Waals surface area contributed by atoms with Gasteiger partial charge in [-0.1, -0.05) is 36.0 Å². The molecule has 0 aromatic heterocycles. The topological polar surface area (TPSA) is 38.3 Å². The molecule has 0 radical (unpaired) electrons. The van der Waals surface area contributed by atoms with Gasteiger partial charge in [-0.25, -0.2) is 0 Å². The maximum Gasteiger partial charge on any atom is 0.252 e. The quantitative estimate of drug-likeness (QED) is 0.656. The predicted octanol–water partition coefficient (Wildman–Crippen LogP) is 4.11. The zero-order valence-electron chi connectivity index (χ0n) is 11.7. The van der Waals surface area contributed by atoms with Crippen molar-refractivity contribution in [3.05, 3.63) is 27.7 Å². The van der Waals surface area contributed by atoms with Crippen LogP contribution in [0, 0.1) is 12.3 Å². The fourth-order valence-electron chi connectivity index (χ4n) is 1.70. The number of halogens is 2. The smallest absolute Gasteiger partial charge is 0.252 e. The molecule has 0 fully saturated rings. The van der Waals surface area contributed by atoms with Crippen LogP contribution in [0.15, 0.2) is 12.1 Å². The van der Waals surface area contributed by atoms with Crippen molar-refractivity contribution < 1.29 is 9.63 Å². The lowest BCUT2D eigenvalue weighted by atomic mass is 9.85. The molecule has 1 aromatic carbocycles. The lowest BCUT2D eigenvalue weighted by molar-refractivity contribution is -0.127. The first-order valence-corrected chi connectivity index (χ1v) is 7.00. The third-order valence-electron chi connectivity index (χ3n) is 2.76. The molecule has 0 aliphatic rings. The maximum atomic E-state index is 11.5. The third kappa shape index (κ3) is 4.06. The van der Waals surface area contributed by atoms with E-state index in [0.29, 0.717) is 27.8 Å². The van der Waals surface area contributed by atoms with E-state index in [1.807, 2.05) is 20.8 Å². The minimum absolute atomic E-state index is 0.215. The van der Waals surface area contributed by atoms with E-state index in [1.54, 1.807) is 12.1 Å². The van der Waals surface area contributed by atoms with E-state index >= 15 is 0 Å². The van der Waals surface area contributed by atoms with Crippen molar-refractivity contribution in [1.29, 1.82) is 0 Å². The van der Waals surface area contributed by atoms with Gasteiger partial charge in [-0.15, -0.1) is 6.42 Å². The molecule has 1 rings (SSSR count). The molecule has 0 aliphatic carbocycles. The van der Waals surface area contributed by atoms with Crippen LogP contribution in [0.25, 0.3) is 0 Å². The number of carbonyl (C=O) groups is 1. The van der Waals surface area contributed by atoms with Crippen molar-refractivity contribution in [1.82, 2.24) is 5.48 Å². The zero-order valence-corrected chi connectivity index (χ0v) is 13.2. The highest BCUT2D eigenvalue weighted by Crippen LogP contribution is 2.39. The first-order chi connectivity index (χ1) is 9.31. The molecule has 1 N–H and O–H groups in total. The second kappa shape index (κ2) is 6.88. The van der Waals surface area contributed by atoms with E-state index in [-0.39, 0.29) is 5.91 Å². The minimum atomic E-state index is -0.646. The van der Waals surface area contributed by atoms with E-state index in [2.05, 4.69) is 11.4 Å². The van der Waals surface area contributed by atoms with Crippen LogP contribution in [0.4, 0.5) is 0 Å². The van der Waals surface area contributed by atoms with Crippen molar-refractivity contribution >= 4 is 29.1 Å². The van der Waals surface area contributed by atoms with Gasteiger partial charge in [0.1, 0.15) is 0 Å². The number of nitrogens with one attached hydrogen (secondary N) is 1. The molecule has 108 valence electrons. The van der Waals surface area contributed by atoms with Gasteiger partial charge in [0, 0.05) is 23.1 Å². The SMILES string of the molecule is C#CC(C)(C)c1c(Cl)cc(Cl)cc1ONC(=O)CCC. The van der Waals surface area contributed by atoms with Gasteiger partial charge in [-0.3, -0.25) is 4.79 Å². The molecule has 1 amide bonds. The first-order valence-electron chi connectivity index (χ1n) is 6.24. The van der Waals surface area contributed by atoms with Crippen molar-refractivity contribution in [2.45, 2.75) is 39.0 Å². The third-order valence-corrected chi connectivity index (χ3v) is 3.27. The number of benzene rings is 1. The Morgan fingerprint density at radius 3 is 2.65 bits per heavy atom. The Hall–Kier alpha value is -1.37. The summed E-state index contributed by atoms with van der Waals surface area (Å²) >= 11 is 12.2. The van der Waals surface area contributed by atoms with Gasteiger partial charge in [0.05, 0.1) is 10.4 Å². The van der Waals surface area contributed by atoms with Crippen LogP contribution in [0.2, 0.25) is 10.0 Å². The van der Waals surface area contributed by atoms with Crippen LogP contribution >= 0.6 is 23.2 Å². The molecule has 3 nitrogen and oxygen atoms in total. The van der Waals surface area contributed by atoms with Crippen molar-refractivity contribution in [3.8, 4) is 18.1 Å². The Labute approximate surface area is 129 Å². The van der Waals surface area contributed by atoms with Crippen LogP contribution in [0.3, 0.4) is 0 Å². The summed E-state index contributed by atoms with van der Waals surface area (Å²) in [6, 6.07) is 3.17. The average Bonchev–Trinajstić information content (AvgIpc) is 2.35. The monoisotopic (exact) mass is 313 g/mol. The lowest BCUT2D eigenvalue weighted by Crippen LogP contribution is -2.28. The van der Waals surface area contributed by atoms with Crippen LogP contribution in [0.1, 0.15) is 39.2 Å². The molecule has 0 saturated carbocycles. The van der Waals surface area contributed by atoms with Crippen LogP contribution in [-0.4, -0.2) is 5.91 Å². The Morgan fingerprint density at radius 2 is 2.10 bits per heavy atom. The number of hydrogen-bond donors (Lipinski definition) is 1. The van der Waals surface area contributed by atoms with E-state index in [9.17, 15) is 4.79 Å². The van der Waals surface area contributed by atoms with Gasteiger partial charge in [0.15, 0.2) is 5.75 Å². The lowest BCUT2D eigenvalue weighted by Gasteiger charge is -2.23. The second-order valence-electron chi connectivity index (χ2n) is 4.91. The number of carbonyl (C=O) groups excluding carboxylic acids is 1. The molecule has 0 bridgehead atoms. The van der Waals surface area contributed by atoms with Crippen LogP contribution in [0.5, 0.6) is 5.75 Å². The highest BCUT2D eigenvalue weighted by molar-refractivity contribution is 6.35. The standard InChI is InChI=1S/C15H17Cl2NO2/c1-5-7-13(19)18-20-12-9-10(16)8-11(17)14(12)15(3,4)6-2/h2,8-9H,5,7H2,1,3-4H3,(H,18,19). The van der Waals surface area contributed by atoms with E-state index < -0.39 is 5.41 Å². The van der Waals surface area contributed by atoms with Crippen LogP contribution < -0.4 is 10.3 Å². The number of hydroxylamine groups is 1. The predicted molar refractivity (Wildman–Crippen MR) is 82.0 cm³/mol. The Morgan fingerprint density at radius 1 is 1.45 bits per heavy atom. The summed E-state index contributed by atoms with van der Waals surface area (Å²) in [6.07, 6.45) is 6.64. The first kappa shape index (κ1) is 16.7. The van der Waals surface area contributed by atoms with Gasteiger partial charge in [-0.05, 0) is 26.3 Å². The molecule has 0 heterocycles. The highest BCUT2D eigenvalue weighted by Gasteiger charge is 2.26. The summed E-state index contributed by atoms with van der Waals surface area (Å²) in [6.45, 7) is 5.58. The van der Waals surface area contributed by atoms with Crippen molar-refractivity contribution in [2.75, 3.05) is 0 Å². The van der Waals surface area contributed by atoms with Gasteiger partial charge in [0.2, 0.25) is 0 Å². The fraction of sp³-hybridized carbons (Fsp3) is 0.400. The Bertz CT molecular complexity index is 548. The van der Waals surface area contributed by atoms with Crippen LogP contribution in [-0.2, 0) is 10.2 Å². The van der Waals surface area contributed by atoms with Gasteiger partial charge in [-0.2, -0.15) is 5.48 Å². The molecule has 0 saturated heterocycles. The summed E-state index contributed by atoms with van der Waals surface area (Å²) < 4.78 is 0. The molecule has 20 heavy (non-hydrogen) atoms. The summed E-state index contributed by atoms with van der Waals surface area (Å²) in [5, 5.41) is 0.812. The molecule has 0 atom stereocenters. The summed E-state index contributed by atoms with van der Waals surface area (Å²) in [5.74, 6) is 2.79. The Balaban J connectivity index is 3.12. The molecule has 0 unspecified atom stereocenters. The largest absolute Gasteiger partial charge is 0.379 e. The molecule has 0 spiro atoms. The van der Waals surface area contributed by atoms with Gasteiger partial charge >= 0.3 is 0 Å². The molecular formula is C15H17Cl2NO2. The van der Waals surface area contributed by atoms with E-state index in [4.69, 9.17) is 34.5 Å². The van der Waals surface area contributed by atoms with Crippen molar-refractivity contribution in [3.63, 3.8) is 0 Å². The van der Waals surface area contributed by atoms with Gasteiger partial charge < -0.3 is 4.84 Å². The highest BCUT2D eigenvalue weighted by atomic mass is 35.5. The fourth-order valence-corrected chi connectivity index (χ4v) is 2.41. The van der Waals surface area contributed by atoms with Crippen molar-refractivity contribution in [2.24, 2.45) is 0 Å². The van der Waals surface area contributed by atoms with E-state index in [1.165, 1.54) is 0 Å². The number of rotatable bonds is 5.